The van der Waals surface area contributed by atoms with Crippen LogP contribution >= 0.6 is 0 Å². The molecule has 1 saturated heterocycles. The number of hydrogen-bond donors (Lipinski definition) is 2. The summed E-state index contributed by atoms with van der Waals surface area (Å²) >= 11 is 0. The summed E-state index contributed by atoms with van der Waals surface area (Å²) in [6.45, 7) is 1.63. The van der Waals surface area contributed by atoms with Crippen molar-refractivity contribution in [2.45, 2.75) is 25.0 Å². The smallest absolute Gasteiger partial charge is 0.407 e. The van der Waals surface area contributed by atoms with Crippen LogP contribution in [0.2, 0.25) is 0 Å². The quantitative estimate of drug-likeness (QED) is 0.883. The van der Waals surface area contributed by atoms with Gasteiger partial charge in [0.25, 0.3) is 0 Å². The van der Waals surface area contributed by atoms with E-state index in [0.717, 1.165) is 12.1 Å². The first-order valence-corrected chi connectivity index (χ1v) is 6.85. The molecule has 5 nitrogen and oxygen atoms in total. The topological polar surface area (TPSA) is 64.0 Å². The molecule has 0 radical (unpaired) electrons. The van der Waals surface area contributed by atoms with Crippen molar-refractivity contribution in [2.24, 2.45) is 0 Å². The first-order valence-electron chi connectivity index (χ1n) is 6.85. The van der Waals surface area contributed by atoms with Gasteiger partial charge in [0.15, 0.2) is 0 Å². The molecule has 0 saturated carbocycles. The van der Waals surface area contributed by atoms with Gasteiger partial charge < -0.3 is 20.0 Å². The third-order valence-corrected chi connectivity index (χ3v) is 3.85. The van der Waals surface area contributed by atoms with Crippen molar-refractivity contribution >= 4 is 6.09 Å². The van der Waals surface area contributed by atoms with Crippen molar-refractivity contribution in [1.29, 1.82) is 0 Å². The number of likely N-dealkylation sites (tertiary alicyclic amines) is 1. The molecule has 1 aromatic carbocycles. The lowest BCUT2D eigenvalue weighted by Crippen LogP contribution is -2.44. The van der Waals surface area contributed by atoms with Crippen LogP contribution in [-0.4, -0.2) is 53.3 Å². The molecule has 0 aromatic heterocycles. The molecule has 0 bridgehead atoms. The highest BCUT2D eigenvalue weighted by Gasteiger charge is 2.35. The zero-order valence-electron chi connectivity index (χ0n) is 12.0. The Balaban J connectivity index is 2.06. The van der Waals surface area contributed by atoms with Crippen LogP contribution in [0.4, 0.5) is 4.79 Å². The molecule has 0 aliphatic carbocycles. The number of carbonyl (C=O) groups is 1. The molecule has 0 spiro atoms. The van der Waals surface area contributed by atoms with Crippen LogP contribution in [0.3, 0.4) is 0 Å². The van der Waals surface area contributed by atoms with Gasteiger partial charge in [-0.1, -0.05) is 24.3 Å². The number of carboxylic acid groups (broad SMARTS) is 1. The van der Waals surface area contributed by atoms with E-state index in [1.54, 1.807) is 0 Å². The monoisotopic (exact) mass is 278 g/mol. The molecule has 1 amide bonds. The molecule has 2 N–H and O–H groups in total. The summed E-state index contributed by atoms with van der Waals surface area (Å²) in [5, 5.41) is 19.6. The fraction of sp³-hybridized carbons (Fsp3) is 0.533. The van der Waals surface area contributed by atoms with Gasteiger partial charge >= 0.3 is 6.09 Å². The fourth-order valence-corrected chi connectivity index (χ4v) is 2.64. The average Bonchev–Trinajstić information content (AvgIpc) is 2.39. The molecule has 0 atom stereocenters. The number of piperidine rings is 1. The van der Waals surface area contributed by atoms with E-state index < -0.39 is 11.7 Å². The van der Waals surface area contributed by atoms with Crippen LogP contribution < -0.4 is 0 Å². The molecule has 1 aliphatic heterocycles. The van der Waals surface area contributed by atoms with Gasteiger partial charge in [-0.2, -0.15) is 0 Å². The molecule has 1 heterocycles. The Labute approximate surface area is 119 Å². The Kier molecular flexibility index (Phi) is 4.30. The maximum absolute atomic E-state index is 10.9. The Hall–Kier alpha value is -1.59. The van der Waals surface area contributed by atoms with E-state index in [0.29, 0.717) is 25.9 Å². The van der Waals surface area contributed by atoms with Crippen molar-refractivity contribution in [3.8, 4) is 0 Å². The van der Waals surface area contributed by atoms with Gasteiger partial charge in [-0.25, -0.2) is 4.79 Å². The van der Waals surface area contributed by atoms with Crippen molar-refractivity contribution in [1.82, 2.24) is 9.80 Å². The van der Waals surface area contributed by atoms with Gasteiger partial charge in [-0.15, -0.1) is 0 Å². The van der Waals surface area contributed by atoms with Gasteiger partial charge in [-0.3, -0.25) is 0 Å². The average molecular weight is 278 g/mol. The second kappa shape index (κ2) is 5.81. The fourth-order valence-electron chi connectivity index (χ4n) is 2.64. The first kappa shape index (κ1) is 14.8. The van der Waals surface area contributed by atoms with E-state index in [2.05, 4.69) is 4.90 Å². The van der Waals surface area contributed by atoms with Crippen LogP contribution in [0.25, 0.3) is 0 Å². The normalized spacial score (nSPS) is 18.3. The third-order valence-electron chi connectivity index (χ3n) is 3.85. The van der Waals surface area contributed by atoms with Crippen LogP contribution in [0, 0.1) is 0 Å². The van der Waals surface area contributed by atoms with Gasteiger partial charge in [0.2, 0.25) is 0 Å². The number of amides is 1. The summed E-state index contributed by atoms with van der Waals surface area (Å²) < 4.78 is 0. The predicted molar refractivity (Wildman–Crippen MR) is 76.6 cm³/mol. The molecule has 2 rings (SSSR count). The zero-order valence-corrected chi connectivity index (χ0v) is 12.0. The summed E-state index contributed by atoms with van der Waals surface area (Å²) in [7, 11) is 4.03. The number of hydrogen-bond acceptors (Lipinski definition) is 3. The lowest BCUT2D eigenvalue weighted by atomic mass is 9.84. The summed E-state index contributed by atoms with van der Waals surface area (Å²) in [6.07, 6.45) is -0.00746. The minimum Gasteiger partial charge on any atom is -0.465 e. The zero-order chi connectivity index (χ0) is 14.8. The number of rotatable bonds is 3. The van der Waals surface area contributed by atoms with E-state index in [1.807, 2.05) is 38.4 Å². The second-order valence-corrected chi connectivity index (χ2v) is 5.74. The van der Waals surface area contributed by atoms with Crippen molar-refractivity contribution in [2.75, 3.05) is 27.2 Å². The number of aliphatic hydroxyl groups is 1. The molecule has 1 aliphatic rings. The lowest BCUT2D eigenvalue weighted by molar-refractivity contribution is -0.0213. The van der Waals surface area contributed by atoms with Crippen LogP contribution in [0.5, 0.6) is 0 Å². The van der Waals surface area contributed by atoms with Gasteiger partial charge in [-0.05, 0) is 38.1 Å². The molecule has 110 valence electrons. The molecule has 20 heavy (non-hydrogen) atoms. The number of nitrogens with zero attached hydrogens (tertiary/aromatic N) is 2. The predicted octanol–water partition coefficient (Wildman–Crippen LogP) is 1.71. The van der Waals surface area contributed by atoms with Gasteiger partial charge in [0.05, 0.1) is 5.60 Å². The van der Waals surface area contributed by atoms with Crippen LogP contribution in [0.15, 0.2) is 24.3 Å². The highest BCUT2D eigenvalue weighted by atomic mass is 16.4. The molecular formula is C15H22N2O3. The largest absolute Gasteiger partial charge is 0.465 e. The highest BCUT2D eigenvalue weighted by molar-refractivity contribution is 5.65. The summed E-state index contributed by atoms with van der Waals surface area (Å²) in [5.41, 5.74) is 1.18. The Morgan fingerprint density at radius 2 is 1.80 bits per heavy atom. The van der Waals surface area contributed by atoms with E-state index in [-0.39, 0.29) is 0 Å². The van der Waals surface area contributed by atoms with Crippen LogP contribution in [0.1, 0.15) is 24.0 Å². The maximum Gasteiger partial charge on any atom is 0.407 e. The summed E-state index contributed by atoms with van der Waals surface area (Å²) in [6, 6.07) is 7.96. The Morgan fingerprint density at radius 3 is 2.25 bits per heavy atom. The molecule has 1 aromatic rings. The van der Waals surface area contributed by atoms with E-state index in [9.17, 15) is 9.90 Å². The van der Waals surface area contributed by atoms with Crippen molar-refractivity contribution in [3.05, 3.63) is 35.4 Å². The Bertz CT molecular complexity index is 463. The molecule has 1 fully saturated rings. The maximum atomic E-state index is 10.9. The van der Waals surface area contributed by atoms with Crippen LogP contribution in [-0.2, 0) is 12.1 Å². The van der Waals surface area contributed by atoms with Gasteiger partial charge in [0.1, 0.15) is 0 Å². The van der Waals surface area contributed by atoms with E-state index >= 15 is 0 Å². The lowest BCUT2D eigenvalue weighted by Gasteiger charge is -2.37. The van der Waals surface area contributed by atoms with E-state index in [1.165, 1.54) is 10.5 Å². The minimum atomic E-state index is -0.909. The summed E-state index contributed by atoms with van der Waals surface area (Å²) in [4.78, 5) is 14.3. The third kappa shape index (κ3) is 3.29. The van der Waals surface area contributed by atoms with Crippen molar-refractivity contribution < 1.29 is 15.0 Å². The molecular weight excluding hydrogens is 256 g/mol. The SMILES string of the molecule is CN(C)Cc1ccc(C2(O)CCN(C(=O)O)CC2)cc1. The summed E-state index contributed by atoms with van der Waals surface area (Å²) in [5.74, 6) is 0. The first-order chi connectivity index (χ1) is 9.40. The highest BCUT2D eigenvalue weighted by Crippen LogP contribution is 2.32. The second-order valence-electron chi connectivity index (χ2n) is 5.74. The minimum absolute atomic E-state index is 0.380. The number of benzene rings is 1. The Morgan fingerprint density at radius 1 is 1.25 bits per heavy atom. The van der Waals surface area contributed by atoms with E-state index in [4.69, 9.17) is 5.11 Å². The standard InChI is InChI=1S/C15H22N2O3/c1-16(2)11-12-3-5-13(6-4-12)15(20)7-9-17(10-8-15)14(18)19/h3-6,20H,7-11H2,1-2H3,(H,18,19). The van der Waals surface area contributed by atoms with Crippen molar-refractivity contribution in [3.63, 3.8) is 0 Å². The molecule has 0 unspecified atom stereocenters. The molecule has 5 heteroatoms. The van der Waals surface area contributed by atoms with Gasteiger partial charge in [0, 0.05) is 19.6 Å².